The summed E-state index contributed by atoms with van der Waals surface area (Å²) in [5.74, 6) is -0.827. The number of aromatic carboxylic acids is 2. The molecule has 0 spiro atoms. The van der Waals surface area contributed by atoms with Crippen LogP contribution < -0.4 is 9.47 Å². The van der Waals surface area contributed by atoms with Gasteiger partial charge in [-0.15, -0.1) is 0 Å². The average molecular weight is 352 g/mol. The number of hydrogen-bond acceptors (Lipinski definition) is 4. The van der Waals surface area contributed by atoms with Gasteiger partial charge in [0, 0.05) is 0 Å². The van der Waals surface area contributed by atoms with Crippen LogP contribution in [0.15, 0.2) is 72.8 Å². The fourth-order valence-electron chi connectivity index (χ4n) is 2.39. The standard InChI is InChI=1S/C20H16O6/c21-19(22)13-1-5-15(6-2-13)25-17-9-11-18(12-10-17)26-16-7-3-14(4-8-16)20(23)24/h1-12,17-18H,(H,21,22)(H,23,24). The van der Waals surface area contributed by atoms with Crippen molar-refractivity contribution in [1.82, 2.24) is 0 Å². The number of ether oxygens (including phenoxy) is 2. The van der Waals surface area contributed by atoms with Crippen LogP contribution >= 0.6 is 0 Å². The molecule has 0 saturated carbocycles. The first kappa shape index (κ1) is 17.3. The van der Waals surface area contributed by atoms with Gasteiger partial charge in [0.05, 0.1) is 11.1 Å². The van der Waals surface area contributed by atoms with Crippen LogP contribution in [0.25, 0.3) is 0 Å². The van der Waals surface area contributed by atoms with E-state index in [-0.39, 0.29) is 23.3 Å². The fourth-order valence-corrected chi connectivity index (χ4v) is 2.39. The minimum atomic E-state index is -0.981. The molecule has 0 atom stereocenters. The van der Waals surface area contributed by atoms with E-state index >= 15 is 0 Å². The smallest absolute Gasteiger partial charge is 0.335 e. The third kappa shape index (κ3) is 4.30. The Labute approximate surface area is 149 Å². The maximum absolute atomic E-state index is 10.8. The third-order valence-corrected chi connectivity index (χ3v) is 3.73. The minimum absolute atomic E-state index is 0.203. The van der Waals surface area contributed by atoms with Crippen molar-refractivity contribution in [2.24, 2.45) is 0 Å². The Bertz CT molecular complexity index is 763. The van der Waals surface area contributed by atoms with Gasteiger partial charge in [-0.25, -0.2) is 9.59 Å². The van der Waals surface area contributed by atoms with Crippen molar-refractivity contribution >= 4 is 11.9 Å². The van der Waals surface area contributed by atoms with Crippen LogP contribution in [0.3, 0.4) is 0 Å². The number of benzene rings is 2. The van der Waals surface area contributed by atoms with Crippen LogP contribution in [0.5, 0.6) is 11.5 Å². The molecular formula is C20H16O6. The van der Waals surface area contributed by atoms with Gasteiger partial charge in [0.25, 0.3) is 0 Å². The highest BCUT2D eigenvalue weighted by molar-refractivity contribution is 5.88. The monoisotopic (exact) mass is 352 g/mol. The first-order valence-electron chi connectivity index (χ1n) is 7.88. The van der Waals surface area contributed by atoms with Crippen LogP contribution in [0.4, 0.5) is 0 Å². The average Bonchev–Trinajstić information content (AvgIpc) is 2.64. The van der Waals surface area contributed by atoms with Crippen LogP contribution in [-0.2, 0) is 0 Å². The lowest BCUT2D eigenvalue weighted by Gasteiger charge is -2.19. The molecule has 1 aliphatic carbocycles. The molecule has 0 aliphatic heterocycles. The molecule has 0 heterocycles. The maximum Gasteiger partial charge on any atom is 0.335 e. The molecule has 6 nitrogen and oxygen atoms in total. The van der Waals surface area contributed by atoms with E-state index in [1.54, 1.807) is 24.3 Å². The molecule has 2 aromatic rings. The van der Waals surface area contributed by atoms with Gasteiger partial charge in [-0.1, -0.05) is 0 Å². The molecule has 0 unspecified atom stereocenters. The largest absolute Gasteiger partial charge is 0.482 e. The molecule has 26 heavy (non-hydrogen) atoms. The van der Waals surface area contributed by atoms with E-state index in [1.807, 2.05) is 24.3 Å². The van der Waals surface area contributed by atoms with Gasteiger partial charge in [0.2, 0.25) is 0 Å². The van der Waals surface area contributed by atoms with Crippen molar-refractivity contribution in [3.63, 3.8) is 0 Å². The van der Waals surface area contributed by atoms with Crippen molar-refractivity contribution < 1.29 is 29.3 Å². The van der Waals surface area contributed by atoms with Crippen molar-refractivity contribution in [3.05, 3.63) is 84.0 Å². The molecule has 0 amide bonds. The molecule has 2 aromatic carbocycles. The Balaban J connectivity index is 1.55. The van der Waals surface area contributed by atoms with Gasteiger partial charge >= 0.3 is 11.9 Å². The molecule has 1 aliphatic rings. The highest BCUT2D eigenvalue weighted by Gasteiger charge is 2.13. The highest BCUT2D eigenvalue weighted by atomic mass is 16.5. The molecule has 0 radical (unpaired) electrons. The molecular weight excluding hydrogens is 336 g/mol. The normalized spacial score (nSPS) is 18.3. The second kappa shape index (κ2) is 7.57. The molecule has 3 rings (SSSR count). The molecule has 132 valence electrons. The van der Waals surface area contributed by atoms with Gasteiger partial charge in [-0.3, -0.25) is 0 Å². The third-order valence-electron chi connectivity index (χ3n) is 3.73. The van der Waals surface area contributed by atoms with Crippen molar-refractivity contribution in [2.45, 2.75) is 12.2 Å². The van der Waals surface area contributed by atoms with E-state index in [1.165, 1.54) is 24.3 Å². The summed E-state index contributed by atoms with van der Waals surface area (Å²) in [5, 5.41) is 17.8. The van der Waals surface area contributed by atoms with Crippen molar-refractivity contribution in [2.75, 3.05) is 0 Å². The van der Waals surface area contributed by atoms with E-state index in [2.05, 4.69) is 0 Å². The summed E-state index contributed by atoms with van der Waals surface area (Å²) in [6, 6.07) is 12.4. The zero-order valence-corrected chi connectivity index (χ0v) is 13.6. The topological polar surface area (TPSA) is 93.1 Å². The molecule has 0 saturated heterocycles. The summed E-state index contributed by atoms with van der Waals surface area (Å²) >= 11 is 0. The Morgan fingerprint density at radius 3 is 1.19 bits per heavy atom. The number of hydrogen-bond donors (Lipinski definition) is 2. The van der Waals surface area contributed by atoms with Gasteiger partial charge < -0.3 is 19.7 Å². The zero-order valence-electron chi connectivity index (χ0n) is 13.6. The Morgan fingerprint density at radius 1 is 0.615 bits per heavy atom. The first-order valence-corrected chi connectivity index (χ1v) is 7.88. The number of carbonyl (C=O) groups is 2. The predicted molar refractivity (Wildman–Crippen MR) is 93.9 cm³/mol. The lowest BCUT2D eigenvalue weighted by Crippen LogP contribution is -2.20. The van der Waals surface area contributed by atoms with E-state index < -0.39 is 11.9 Å². The molecule has 2 N–H and O–H groups in total. The summed E-state index contributed by atoms with van der Waals surface area (Å²) in [7, 11) is 0. The molecule has 0 bridgehead atoms. The van der Waals surface area contributed by atoms with Gasteiger partial charge in [-0.05, 0) is 72.8 Å². The minimum Gasteiger partial charge on any atom is -0.482 e. The van der Waals surface area contributed by atoms with Gasteiger partial charge in [0.1, 0.15) is 23.7 Å². The summed E-state index contributed by atoms with van der Waals surface area (Å²) in [6.45, 7) is 0. The van der Waals surface area contributed by atoms with Gasteiger partial charge in [0.15, 0.2) is 0 Å². The van der Waals surface area contributed by atoms with Crippen molar-refractivity contribution in [3.8, 4) is 11.5 Å². The SMILES string of the molecule is O=C(O)c1ccc(OC2C=CC(Oc3ccc(C(=O)O)cc3)C=C2)cc1. The van der Waals surface area contributed by atoms with E-state index in [4.69, 9.17) is 19.7 Å². The first-order chi connectivity index (χ1) is 12.5. The second-order valence-electron chi connectivity index (χ2n) is 5.59. The quantitative estimate of drug-likeness (QED) is 0.774. The Kier molecular flexibility index (Phi) is 5.03. The Morgan fingerprint density at radius 2 is 0.923 bits per heavy atom. The number of carboxylic acid groups (broad SMARTS) is 2. The summed E-state index contributed by atoms with van der Waals surface area (Å²) < 4.78 is 11.5. The summed E-state index contributed by atoms with van der Waals surface area (Å²) in [6.07, 6.45) is 6.78. The lowest BCUT2D eigenvalue weighted by molar-refractivity contribution is 0.0686. The Hall–Kier alpha value is -3.54. The summed E-state index contributed by atoms with van der Waals surface area (Å²) in [4.78, 5) is 21.7. The van der Waals surface area contributed by atoms with Gasteiger partial charge in [-0.2, -0.15) is 0 Å². The fraction of sp³-hybridized carbons (Fsp3) is 0.100. The van der Waals surface area contributed by atoms with E-state index in [0.29, 0.717) is 11.5 Å². The van der Waals surface area contributed by atoms with Crippen LogP contribution in [0, 0.1) is 0 Å². The lowest BCUT2D eigenvalue weighted by atomic mass is 10.1. The van der Waals surface area contributed by atoms with Crippen LogP contribution in [0.2, 0.25) is 0 Å². The predicted octanol–water partition coefficient (Wildman–Crippen LogP) is 3.40. The van der Waals surface area contributed by atoms with Crippen LogP contribution in [0.1, 0.15) is 20.7 Å². The number of carboxylic acids is 2. The number of rotatable bonds is 6. The highest BCUT2D eigenvalue weighted by Crippen LogP contribution is 2.19. The molecule has 0 aromatic heterocycles. The maximum atomic E-state index is 10.8. The second-order valence-corrected chi connectivity index (χ2v) is 5.59. The van der Waals surface area contributed by atoms with E-state index in [9.17, 15) is 9.59 Å². The van der Waals surface area contributed by atoms with E-state index in [0.717, 1.165) is 0 Å². The van der Waals surface area contributed by atoms with Crippen molar-refractivity contribution in [1.29, 1.82) is 0 Å². The molecule has 6 heteroatoms. The summed E-state index contributed by atoms with van der Waals surface area (Å²) in [5.41, 5.74) is 0.406. The van der Waals surface area contributed by atoms with Crippen LogP contribution in [-0.4, -0.2) is 34.4 Å². The molecule has 0 fully saturated rings. The zero-order chi connectivity index (χ0) is 18.5.